The van der Waals surface area contributed by atoms with E-state index in [4.69, 9.17) is 4.98 Å². The molecule has 4 heterocycles. The van der Waals surface area contributed by atoms with Crippen molar-refractivity contribution in [2.75, 3.05) is 36.0 Å². The molecule has 0 radical (unpaired) electrons. The third-order valence-corrected chi connectivity index (χ3v) is 5.75. The first-order chi connectivity index (χ1) is 13.2. The number of hydrogen-bond acceptors (Lipinski definition) is 7. The summed E-state index contributed by atoms with van der Waals surface area (Å²) >= 11 is 0. The van der Waals surface area contributed by atoms with Gasteiger partial charge in [0.15, 0.2) is 17.0 Å². The van der Waals surface area contributed by atoms with Gasteiger partial charge in [-0.3, -0.25) is 0 Å². The summed E-state index contributed by atoms with van der Waals surface area (Å²) in [6.07, 6.45) is 7.27. The molecule has 1 saturated carbocycles. The van der Waals surface area contributed by atoms with Crippen molar-refractivity contribution in [3.63, 3.8) is 0 Å². The highest BCUT2D eigenvalue weighted by Crippen LogP contribution is 2.36. The van der Waals surface area contributed by atoms with Crippen LogP contribution in [0.5, 0.6) is 0 Å². The molecule has 0 aromatic carbocycles. The first kappa shape index (κ1) is 16.4. The Bertz CT molecular complexity index is 969. The van der Waals surface area contributed by atoms with E-state index in [0.29, 0.717) is 5.92 Å². The maximum absolute atomic E-state index is 4.70. The third kappa shape index (κ3) is 2.89. The normalized spacial score (nSPS) is 18.1. The standard InChI is InChI=1S/C19H24N8/c1-13-23-15(14-4-3-5-14)10-16(24-13)26-6-8-27(9-7-26)19-17-18(20-11-21-19)25(2)12-22-17/h10-12,14H,3-9H2,1-2H3. The van der Waals surface area contributed by atoms with Gasteiger partial charge in [-0.15, -0.1) is 0 Å². The van der Waals surface area contributed by atoms with E-state index in [-0.39, 0.29) is 0 Å². The number of anilines is 2. The first-order valence-electron chi connectivity index (χ1n) is 9.66. The van der Waals surface area contributed by atoms with Gasteiger partial charge in [0.2, 0.25) is 0 Å². The van der Waals surface area contributed by atoms with E-state index in [9.17, 15) is 0 Å². The summed E-state index contributed by atoms with van der Waals surface area (Å²) in [6.45, 7) is 5.62. The molecule has 1 aliphatic heterocycles. The van der Waals surface area contributed by atoms with E-state index in [1.54, 1.807) is 12.7 Å². The molecule has 1 aliphatic carbocycles. The van der Waals surface area contributed by atoms with Crippen LogP contribution in [0.25, 0.3) is 11.2 Å². The summed E-state index contributed by atoms with van der Waals surface area (Å²) in [5, 5.41) is 0. The average Bonchev–Trinajstić information content (AvgIpc) is 3.01. The van der Waals surface area contributed by atoms with Gasteiger partial charge in [0.25, 0.3) is 0 Å². The molecule has 140 valence electrons. The number of rotatable bonds is 3. The van der Waals surface area contributed by atoms with Crippen molar-refractivity contribution in [2.45, 2.75) is 32.1 Å². The maximum atomic E-state index is 4.70. The molecular weight excluding hydrogens is 340 g/mol. The topological polar surface area (TPSA) is 75.9 Å². The number of nitrogens with zero attached hydrogens (tertiary/aromatic N) is 8. The van der Waals surface area contributed by atoms with Crippen molar-refractivity contribution in [2.24, 2.45) is 7.05 Å². The molecule has 0 bridgehead atoms. The molecule has 2 aliphatic rings. The lowest BCUT2D eigenvalue weighted by Crippen LogP contribution is -2.47. The van der Waals surface area contributed by atoms with Crippen LogP contribution in [0.1, 0.15) is 36.7 Å². The van der Waals surface area contributed by atoms with Gasteiger partial charge in [-0.1, -0.05) is 6.42 Å². The Morgan fingerprint density at radius 2 is 1.74 bits per heavy atom. The fourth-order valence-corrected chi connectivity index (χ4v) is 3.96. The van der Waals surface area contributed by atoms with E-state index in [2.05, 4.69) is 35.8 Å². The van der Waals surface area contributed by atoms with Crippen molar-refractivity contribution in [3.05, 3.63) is 30.2 Å². The van der Waals surface area contributed by atoms with E-state index >= 15 is 0 Å². The summed E-state index contributed by atoms with van der Waals surface area (Å²) in [7, 11) is 1.96. The Hall–Kier alpha value is -2.77. The molecule has 8 nitrogen and oxygen atoms in total. The second-order valence-electron chi connectivity index (χ2n) is 7.53. The highest BCUT2D eigenvalue weighted by atomic mass is 15.3. The summed E-state index contributed by atoms with van der Waals surface area (Å²) in [5.74, 6) is 3.50. The highest BCUT2D eigenvalue weighted by molar-refractivity contribution is 5.83. The van der Waals surface area contributed by atoms with Crippen LogP contribution in [-0.2, 0) is 7.05 Å². The Morgan fingerprint density at radius 1 is 0.963 bits per heavy atom. The summed E-state index contributed by atoms with van der Waals surface area (Å²) in [6, 6.07) is 2.20. The smallest absolute Gasteiger partial charge is 0.165 e. The molecule has 0 atom stereocenters. The summed E-state index contributed by atoms with van der Waals surface area (Å²) in [5.41, 5.74) is 2.97. The fraction of sp³-hybridized carbons (Fsp3) is 0.526. The molecule has 2 fully saturated rings. The van der Waals surface area contributed by atoms with Gasteiger partial charge in [-0.25, -0.2) is 24.9 Å². The van der Waals surface area contributed by atoms with Crippen molar-refractivity contribution in [1.29, 1.82) is 0 Å². The van der Waals surface area contributed by atoms with Gasteiger partial charge in [0.05, 0.1) is 6.33 Å². The second kappa shape index (κ2) is 6.44. The molecule has 3 aromatic rings. The van der Waals surface area contributed by atoms with Crippen LogP contribution in [0.3, 0.4) is 0 Å². The van der Waals surface area contributed by atoms with Crippen LogP contribution in [0.2, 0.25) is 0 Å². The van der Waals surface area contributed by atoms with Gasteiger partial charge in [-0.2, -0.15) is 0 Å². The molecule has 1 saturated heterocycles. The van der Waals surface area contributed by atoms with E-state index in [0.717, 1.165) is 54.8 Å². The van der Waals surface area contributed by atoms with Crippen molar-refractivity contribution in [3.8, 4) is 0 Å². The molecule has 5 rings (SSSR count). The second-order valence-corrected chi connectivity index (χ2v) is 7.53. The molecule has 0 unspecified atom stereocenters. The minimum Gasteiger partial charge on any atom is -0.353 e. The lowest BCUT2D eigenvalue weighted by Gasteiger charge is -2.36. The largest absolute Gasteiger partial charge is 0.353 e. The lowest BCUT2D eigenvalue weighted by molar-refractivity contribution is 0.410. The Kier molecular flexibility index (Phi) is 3.91. The van der Waals surface area contributed by atoms with Crippen LogP contribution in [0, 0.1) is 6.92 Å². The Morgan fingerprint density at radius 3 is 2.48 bits per heavy atom. The number of fused-ring (bicyclic) bond motifs is 1. The molecule has 8 heteroatoms. The SMILES string of the molecule is Cc1nc(C2CCC2)cc(N2CCN(c3ncnc4c3ncn4C)CC2)n1. The summed E-state index contributed by atoms with van der Waals surface area (Å²) in [4.78, 5) is 27.4. The zero-order chi connectivity index (χ0) is 18.4. The number of hydrogen-bond donors (Lipinski definition) is 0. The van der Waals surface area contributed by atoms with Crippen molar-refractivity contribution >= 4 is 22.8 Å². The molecule has 0 amide bonds. The molecule has 0 spiro atoms. The first-order valence-corrected chi connectivity index (χ1v) is 9.66. The van der Waals surface area contributed by atoms with Crippen LogP contribution in [0.4, 0.5) is 11.6 Å². The predicted octanol–water partition coefficient (Wildman–Crippen LogP) is 2.06. The lowest BCUT2D eigenvalue weighted by atomic mass is 9.83. The number of imidazole rings is 1. The third-order valence-electron chi connectivity index (χ3n) is 5.75. The molecule has 3 aromatic heterocycles. The molecule has 27 heavy (non-hydrogen) atoms. The van der Waals surface area contributed by atoms with Crippen LogP contribution < -0.4 is 9.80 Å². The van der Waals surface area contributed by atoms with Crippen molar-refractivity contribution < 1.29 is 0 Å². The zero-order valence-electron chi connectivity index (χ0n) is 15.8. The highest BCUT2D eigenvalue weighted by Gasteiger charge is 2.25. The molecule has 0 N–H and O–H groups in total. The predicted molar refractivity (Wildman–Crippen MR) is 104 cm³/mol. The van der Waals surface area contributed by atoms with Crippen molar-refractivity contribution in [1.82, 2.24) is 29.5 Å². The van der Waals surface area contributed by atoms with Gasteiger partial charge >= 0.3 is 0 Å². The van der Waals surface area contributed by atoms with Crippen LogP contribution >= 0.6 is 0 Å². The van der Waals surface area contributed by atoms with Gasteiger partial charge in [0.1, 0.15) is 18.0 Å². The number of aryl methyl sites for hydroxylation is 2. The Balaban J connectivity index is 1.35. The van der Waals surface area contributed by atoms with Crippen LogP contribution in [-0.4, -0.2) is 55.7 Å². The quantitative estimate of drug-likeness (QED) is 0.704. The zero-order valence-corrected chi connectivity index (χ0v) is 15.8. The van der Waals surface area contributed by atoms with Gasteiger partial charge in [-0.05, 0) is 19.8 Å². The number of piperazine rings is 1. The fourth-order valence-electron chi connectivity index (χ4n) is 3.96. The van der Waals surface area contributed by atoms with Crippen LogP contribution in [0.15, 0.2) is 18.7 Å². The van der Waals surface area contributed by atoms with E-state index in [1.165, 1.54) is 25.0 Å². The average molecular weight is 364 g/mol. The van der Waals surface area contributed by atoms with E-state index in [1.807, 2.05) is 18.5 Å². The van der Waals surface area contributed by atoms with Gasteiger partial charge in [0, 0.05) is 50.9 Å². The minimum atomic E-state index is 0.630. The monoisotopic (exact) mass is 364 g/mol. The number of aromatic nitrogens is 6. The molecular formula is C19H24N8. The minimum absolute atomic E-state index is 0.630. The Labute approximate surface area is 158 Å². The summed E-state index contributed by atoms with van der Waals surface area (Å²) < 4.78 is 1.93. The van der Waals surface area contributed by atoms with Gasteiger partial charge < -0.3 is 14.4 Å². The van der Waals surface area contributed by atoms with E-state index < -0.39 is 0 Å². The maximum Gasteiger partial charge on any atom is 0.165 e.